The van der Waals surface area contributed by atoms with Crippen LogP contribution in [0, 0.1) is 6.92 Å². The van der Waals surface area contributed by atoms with Gasteiger partial charge in [-0.2, -0.15) is 0 Å². The summed E-state index contributed by atoms with van der Waals surface area (Å²) in [7, 11) is 1.70. The van der Waals surface area contributed by atoms with Crippen LogP contribution in [0.2, 0.25) is 0 Å². The molecule has 3 rings (SSSR count). The molecule has 2 aromatic carbocycles. The Kier molecular flexibility index (Phi) is 4.45. The molecule has 0 spiro atoms. The second-order valence-electron chi connectivity index (χ2n) is 6.51. The van der Waals surface area contributed by atoms with E-state index in [2.05, 4.69) is 0 Å². The number of fused-ring (bicyclic) bond motifs is 1. The molecule has 0 saturated carbocycles. The zero-order valence-electron chi connectivity index (χ0n) is 14.3. The summed E-state index contributed by atoms with van der Waals surface area (Å²) < 4.78 is 13.0. The number of ether oxygens (including phenoxy) is 2. The van der Waals surface area contributed by atoms with Crippen molar-refractivity contribution in [2.45, 2.75) is 37.7 Å². The van der Waals surface area contributed by atoms with Crippen LogP contribution >= 0.6 is 11.9 Å². The van der Waals surface area contributed by atoms with Crippen molar-refractivity contribution in [3.63, 3.8) is 0 Å². The number of rotatable bonds is 3. The number of carbonyl (C=O) groups is 1. The van der Waals surface area contributed by atoms with Crippen molar-refractivity contribution in [2.75, 3.05) is 7.05 Å². The fourth-order valence-corrected chi connectivity index (χ4v) is 3.43. The molecule has 0 aliphatic carbocycles. The Balaban J connectivity index is 1.72. The second kappa shape index (κ2) is 6.40. The zero-order valence-corrected chi connectivity index (χ0v) is 15.1. The normalized spacial score (nSPS) is 14.7. The van der Waals surface area contributed by atoms with E-state index in [4.69, 9.17) is 9.47 Å². The zero-order chi connectivity index (χ0) is 17.3. The summed E-state index contributed by atoms with van der Waals surface area (Å²) in [5.41, 5.74) is 1.92. The molecular formula is C19H21NO3S. The number of amides is 1. The molecule has 0 bridgehead atoms. The maximum Gasteiger partial charge on any atom is 0.425 e. The molecule has 1 amide bonds. The van der Waals surface area contributed by atoms with Crippen LogP contribution in [0.4, 0.5) is 4.79 Å². The van der Waals surface area contributed by atoms with Gasteiger partial charge >= 0.3 is 6.09 Å². The lowest BCUT2D eigenvalue weighted by atomic mass is 10.0. The molecule has 4 nitrogen and oxygen atoms in total. The van der Waals surface area contributed by atoms with Crippen LogP contribution in [-0.2, 0) is 6.42 Å². The summed E-state index contributed by atoms with van der Waals surface area (Å²) in [5, 5.41) is 0. The molecule has 1 aliphatic heterocycles. The fraction of sp³-hybridized carbons (Fsp3) is 0.316. The first-order chi connectivity index (χ1) is 11.4. The van der Waals surface area contributed by atoms with E-state index in [9.17, 15) is 4.79 Å². The molecule has 0 atom stereocenters. The molecule has 5 heteroatoms. The molecule has 0 radical (unpaired) electrons. The van der Waals surface area contributed by atoms with E-state index in [-0.39, 0.29) is 5.60 Å². The molecule has 1 heterocycles. The third kappa shape index (κ3) is 3.51. The summed E-state index contributed by atoms with van der Waals surface area (Å²) in [6.07, 6.45) is 0.381. The van der Waals surface area contributed by atoms with Gasteiger partial charge in [0.2, 0.25) is 0 Å². The monoisotopic (exact) mass is 343 g/mol. The number of hydrogen-bond acceptors (Lipinski definition) is 4. The topological polar surface area (TPSA) is 38.8 Å². The van der Waals surface area contributed by atoms with Gasteiger partial charge < -0.3 is 9.47 Å². The van der Waals surface area contributed by atoms with Gasteiger partial charge in [0.05, 0.1) is 0 Å². The van der Waals surface area contributed by atoms with Crippen LogP contribution in [0.3, 0.4) is 0 Å². The van der Waals surface area contributed by atoms with E-state index >= 15 is 0 Å². The minimum Gasteiger partial charge on any atom is -0.483 e. The summed E-state index contributed by atoms with van der Waals surface area (Å²) in [5.74, 6) is 1.14. The van der Waals surface area contributed by atoms with Crippen molar-refractivity contribution < 1.29 is 14.3 Å². The van der Waals surface area contributed by atoms with Crippen molar-refractivity contribution in [3.8, 4) is 11.5 Å². The number of para-hydroxylation sites is 1. The molecule has 2 aromatic rings. The van der Waals surface area contributed by atoms with Crippen molar-refractivity contribution in [2.24, 2.45) is 0 Å². The molecule has 1 aliphatic rings. The third-order valence-electron chi connectivity index (χ3n) is 3.84. The van der Waals surface area contributed by atoms with Crippen molar-refractivity contribution >= 4 is 18.0 Å². The van der Waals surface area contributed by atoms with Crippen LogP contribution in [-0.4, -0.2) is 23.0 Å². The summed E-state index contributed by atoms with van der Waals surface area (Å²) in [6, 6.07) is 13.6. The molecule has 0 aromatic heterocycles. The Morgan fingerprint density at radius 2 is 1.96 bits per heavy atom. The second-order valence-corrected chi connectivity index (χ2v) is 7.68. The number of aryl methyl sites for hydroxylation is 1. The predicted molar refractivity (Wildman–Crippen MR) is 95.7 cm³/mol. The van der Waals surface area contributed by atoms with Crippen LogP contribution < -0.4 is 9.47 Å². The highest BCUT2D eigenvalue weighted by Gasteiger charge is 2.33. The molecule has 24 heavy (non-hydrogen) atoms. The van der Waals surface area contributed by atoms with Gasteiger partial charge in [-0.3, -0.25) is 0 Å². The Hall–Kier alpha value is -2.14. The van der Waals surface area contributed by atoms with Gasteiger partial charge in [-0.1, -0.05) is 30.3 Å². The highest BCUT2D eigenvalue weighted by molar-refractivity contribution is 7.97. The van der Waals surface area contributed by atoms with Gasteiger partial charge in [-0.15, -0.1) is 0 Å². The minimum atomic E-state index is -0.426. The Bertz CT molecular complexity index is 773. The first-order valence-electron chi connectivity index (χ1n) is 7.86. The summed E-state index contributed by atoms with van der Waals surface area (Å²) >= 11 is 1.35. The standard InChI is InChI=1S/C19H21NO3S/c1-13-8-5-6-11-16(13)24-20(4)18(21)22-15-10-7-9-14-12-19(2,3)23-17(14)15/h5-11H,12H2,1-4H3. The average molecular weight is 343 g/mol. The van der Waals surface area contributed by atoms with Gasteiger partial charge in [-0.05, 0) is 50.4 Å². The van der Waals surface area contributed by atoms with Crippen molar-refractivity contribution in [1.29, 1.82) is 0 Å². The molecular weight excluding hydrogens is 322 g/mol. The molecule has 0 unspecified atom stereocenters. The fourth-order valence-electron chi connectivity index (χ4n) is 2.67. The number of nitrogens with zero attached hydrogens (tertiary/aromatic N) is 1. The number of carbonyl (C=O) groups excluding carboxylic acids is 1. The van der Waals surface area contributed by atoms with Crippen LogP contribution in [0.5, 0.6) is 11.5 Å². The van der Waals surface area contributed by atoms with Gasteiger partial charge in [0.15, 0.2) is 11.5 Å². The predicted octanol–water partition coefficient (Wildman–Crippen LogP) is 4.85. The molecule has 0 fully saturated rings. The lowest BCUT2D eigenvalue weighted by Gasteiger charge is -2.19. The van der Waals surface area contributed by atoms with Crippen molar-refractivity contribution in [1.82, 2.24) is 4.31 Å². The van der Waals surface area contributed by atoms with Gasteiger partial charge in [0.1, 0.15) is 5.60 Å². The molecule has 126 valence electrons. The SMILES string of the molecule is Cc1ccccc1SN(C)C(=O)Oc1cccc2c1OC(C)(C)C2. The maximum absolute atomic E-state index is 12.4. The Labute approximate surface area is 146 Å². The third-order valence-corrected chi connectivity index (χ3v) is 4.92. The van der Waals surface area contributed by atoms with E-state index in [0.717, 1.165) is 22.4 Å². The Morgan fingerprint density at radius 3 is 2.71 bits per heavy atom. The van der Waals surface area contributed by atoms with Gasteiger partial charge in [0.25, 0.3) is 0 Å². The first-order valence-corrected chi connectivity index (χ1v) is 8.63. The van der Waals surface area contributed by atoms with Gasteiger partial charge in [-0.25, -0.2) is 9.10 Å². The lowest BCUT2D eigenvalue weighted by molar-refractivity contribution is 0.132. The minimum absolute atomic E-state index is 0.271. The average Bonchev–Trinajstić information content (AvgIpc) is 2.84. The Morgan fingerprint density at radius 1 is 1.21 bits per heavy atom. The highest BCUT2D eigenvalue weighted by Crippen LogP contribution is 2.42. The van der Waals surface area contributed by atoms with Crippen LogP contribution in [0.1, 0.15) is 25.0 Å². The quantitative estimate of drug-likeness (QED) is 0.747. The molecule has 0 saturated heterocycles. The van der Waals surface area contributed by atoms with E-state index in [0.29, 0.717) is 11.5 Å². The lowest BCUT2D eigenvalue weighted by Crippen LogP contribution is -2.25. The van der Waals surface area contributed by atoms with E-state index in [1.807, 2.05) is 57.2 Å². The van der Waals surface area contributed by atoms with E-state index in [1.165, 1.54) is 16.3 Å². The van der Waals surface area contributed by atoms with Crippen LogP contribution in [0.15, 0.2) is 47.4 Å². The largest absolute Gasteiger partial charge is 0.483 e. The van der Waals surface area contributed by atoms with Crippen molar-refractivity contribution in [3.05, 3.63) is 53.6 Å². The van der Waals surface area contributed by atoms with Crippen LogP contribution in [0.25, 0.3) is 0 Å². The first kappa shape index (κ1) is 16.7. The molecule has 0 N–H and O–H groups in total. The number of benzene rings is 2. The summed E-state index contributed by atoms with van der Waals surface area (Å²) in [6.45, 7) is 6.07. The van der Waals surface area contributed by atoms with E-state index in [1.54, 1.807) is 13.1 Å². The van der Waals surface area contributed by atoms with E-state index < -0.39 is 6.09 Å². The van der Waals surface area contributed by atoms with Gasteiger partial charge in [0, 0.05) is 23.9 Å². The number of hydrogen-bond donors (Lipinski definition) is 0. The summed E-state index contributed by atoms with van der Waals surface area (Å²) in [4.78, 5) is 13.4. The maximum atomic E-state index is 12.4. The smallest absolute Gasteiger partial charge is 0.425 e. The highest BCUT2D eigenvalue weighted by atomic mass is 32.2.